The van der Waals surface area contributed by atoms with E-state index < -0.39 is 5.97 Å². The second-order valence-corrected chi connectivity index (χ2v) is 7.36. The summed E-state index contributed by atoms with van der Waals surface area (Å²) in [6.45, 7) is 4.13. The molecule has 4 rings (SSSR count). The average molecular weight is 392 g/mol. The van der Waals surface area contributed by atoms with E-state index in [0.29, 0.717) is 29.4 Å². The second-order valence-electron chi connectivity index (χ2n) is 7.36. The summed E-state index contributed by atoms with van der Waals surface area (Å²) in [5.74, 6) is 0.0469. The van der Waals surface area contributed by atoms with Crippen molar-refractivity contribution in [2.75, 3.05) is 11.9 Å². The number of hydrogen-bond donors (Lipinski definition) is 1. The highest BCUT2D eigenvalue weighted by Crippen LogP contribution is 2.38. The van der Waals surface area contributed by atoms with Crippen molar-refractivity contribution in [3.63, 3.8) is 0 Å². The van der Waals surface area contributed by atoms with Crippen LogP contribution in [0.3, 0.4) is 0 Å². The number of benzene rings is 1. The number of anilines is 1. The van der Waals surface area contributed by atoms with Crippen molar-refractivity contribution >= 4 is 17.4 Å². The molecule has 2 aromatic heterocycles. The molecule has 29 heavy (non-hydrogen) atoms. The molecule has 0 atom stereocenters. The summed E-state index contributed by atoms with van der Waals surface area (Å²) in [6.07, 6.45) is 3.91. The SMILES string of the molecule is Cc1cc(C(=O)COC(=O)c2ccccc2NCc2ccco2)c(C)n1C1CC1. The monoisotopic (exact) mass is 392 g/mol. The molecule has 0 radical (unpaired) electrons. The number of rotatable bonds is 8. The lowest BCUT2D eigenvalue weighted by atomic mass is 10.1. The van der Waals surface area contributed by atoms with Gasteiger partial charge in [0.25, 0.3) is 0 Å². The lowest BCUT2D eigenvalue weighted by Gasteiger charge is -2.11. The maximum absolute atomic E-state index is 12.7. The molecule has 1 fully saturated rings. The first-order chi connectivity index (χ1) is 14.0. The number of aromatic nitrogens is 1. The molecule has 1 aliphatic rings. The van der Waals surface area contributed by atoms with Crippen LogP contribution in [-0.2, 0) is 11.3 Å². The number of hydrogen-bond acceptors (Lipinski definition) is 5. The molecular weight excluding hydrogens is 368 g/mol. The van der Waals surface area contributed by atoms with Gasteiger partial charge in [-0.25, -0.2) is 4.79 Å². The molecule has 0 bridgehead atoms. The summed E-state index contributed by atoms with van der Waals surface area (Å²) >= 11 is 0. The lowest BCUT2D eigenvalue weighted by molar-refractivity contribution is 0.0475. The van der Waals surface area contributed by atoms with Gasteiger partial charge in [-0.05, 0) is 57.0 Å². The fourth-order valence-corrected chi connectivity index (χ4v) is 3.65. The molecule has 0 amide bonds. The van der Waals surface area contributed by atoms with Crippen LogP contribution in [0.1, 0.15) is 56.7 Å². The van der Waals surface area contributed by atoms with Gasteiger partial charge >= 0.3 is 5.97 Å². The summed E-state index contributed by atoms with van der Waals surface area (Å²) in [5, 5.41) is 3.17. The average Bonchev–Trinajstić information content (AvgIpc) is 3.31. The Hall–Kier alpha value is -3.28. The Balaban J connectivity index is 1.41. The molecular formula is C23H24N2O4. The van der Waals surface area contributed by atoms with E-state index in [2.05, 4.69) is 9.88 Å². The maximum Gasteiger partial charge on any atom is 0.340 e. The van der Waals surface area contributed by atoms with Crippen LogP contribution >= 0.6 is 0 Å². The number of para-hydroxylation sites is 1. The lowest BCUT2D eigenvalue weighted by Crippen LogP contribution is -2.16. The third-order valence-corrected chi connectivity index (χ3v) is 5.21. The second kappa shape index (κ2) is 7.99. The molecule has 3 aromatic rings. The number of ether oxygens (including phenoxy) is 1. The first-order valence-corrected chi connectivity index (χ1v) is 9.78. The molecule has 1 N–H and O–H groups in total. The van der Waals surface area contributed by atoms with Gasteiger partial charge in [0, 0.05) is 28.7 Å². The minimum absolute atomic E-state index is 0.181. The molecule has 1 saturated carbocycles. The summed E-state index contributed by atoms with van der Waals surface area (Å²) < 4.78 is 12.9. The van der Waals surface area contributed by atoms with Gasteiger partial charge in [-0.2, -0.15) is 0 Å². The van der Waals surface area contributed by atoms with Crippen molar-refractivity contribution in [2.24, 2.45) is 0 Å². The third-order valence-electron chi connectivity index (χ3n) is 5.21. The fourth-order valence-electron chi connectivity index (χ4n) is 3.65. The molecule has 6 heteroatoms. The van der Waals surface area contributed by atoms with E-state index in [1.165, 1.54) is 0 Å². The van der Waals surface area contributed by atoms with Gasteiger partial charge in [0.1, 0.15) is 5.76 Å². The van der Waals surface area contributed by atoms with Crippen molar-refractivity contribution in [2.45, 2.75) is 39.3 Å². The number of nitrogens with zero attached hydrogens (tertiary/aromatic N) is 1. The number of Topliss-reactive ketones (excluding diaryl/α,β-unsaturated/α-hetero) is 1. The first kappa shape index (κ1) is 19.1. The van der Waals surface area contributed by atoms with Crippen LogP contribution in [0.4, 0.5) is 5.69 Å². The zero-order valence-corrected chi connectivity index (χ0v) is 16.6. The topological polar surface area (TPSA) is 73.5 Å². The minimum Gasteiger partial charge on any atom is -0.467 e. The number of esters is 1. The highest BCUT2D eigenvalue weighted by molar-refractivity contribution is 6.01. The predicted octanol–water partition coefficient (Wildman–Crippen LogP) is 4.68. The van der Waals surface area contributed by atoms with Crippen molar-refractivity contribution < 1.29 is 18.7 Å². The third kappa shape index (κ3) is 4.11. The van der Waals surface area contributed by atoms with E-state index >= 15 is 0 Å². The molecule has 0 saturated heterocycles. The van der Waals surface area contributed by atoms with Crippen LogP contribution in [0, 0.1) is 13.8 Å². The fraction of sp³-hybridized carbons (Fsp3) is 0.304. The molecule has 1 aliphatic carbocycles. The molecule has 0 unspecified atom stereocenters. The van der Waals surface area contributed by atoms with Gasteiger partial charge in [-0.1, -0.05) is 12.1 Å². The maximum atomic E-state index is 12.7. The van der Waals surface area contributed by atoms with Crippen LogP contribution in [-0.4, -0.2) is 22.9 Å². The highest BCUT2D eigenvalue weighted by Gasteiger charge is 2.28. The van der Waals surface area contributed by atoms with Crippen LogP contribution in [0.5, 0.6) is 0 Å². The zero-order chi connectivity index (χ0) is 20.4. The van der Waals surface area contributed by atoms with Crippen LogP contribution in [0.2, 0.25) is 0 Å². The van der Waals surface area contributed by atoms with Gasteiger partial charge in [-0.15, -0.1) is 0 Å². The number of furan rings is 1. The minimum atomic E-state index is -0.531. The smallest absolute Gasteiger partial charge is 0.340 e. The van der Waals surface area contributed by atoms with Crippen molar-refractivity contribution in [1.82, 2.24) is 4.57 Å². The van der Waals surface area contributed by atoms with Gasteiger partial charge in [0.15, 0.2) is 6.61 Å². The molecule has 1 aromatic carbocycles. The molecule has 0 spiro atoms. The van der Waals surface area contributed by atoms with E-state index in [9.17, 15) is 9.59 Å². The number of nitrogens with one attached hydrogen (secondary N) is 1. The van der Waals surface area contributed by atoms with E-state index in [0.717, 1.165) is 30.0 Å². The van der Waals surface area contributed by atoms with E-state index in [1.54, 1.807) is 24.5 Å². The summed E-state index contributed by atoms with van der Waals surface area (Å²) in [6, 6.07) is 13.1. The van der Waals surface area contributed by atoms with E-state index in [-0.39, 0.29) is 12.4 Å². The van der Waals surface area contributed by atoms with E-state index in [1.807, 2.05) is 38.1 Å². The summed E-state index contributed by atoms with van der Waals surface area (Å²) in [4.78, 5) is 25.3. The van der Waals surface area contributed by atoms with E-state index in [4.69, 9.17) is 9.15 Å². The number of aryl methyl sites for hydroxylation is 1. The van der Waals surface area contributed by atoms with Gasteiger partial charge in [0.05, 0.1) is 18.4 Å². The van der Waals surface area contributed by atoms with Crippen molar-refractivity contribution in [3.8, 4) is 0 Å². The molecule has 0 aliphatic heterocycles. The van der Waals surface area contributed by atoms with Crippen LogP contribution in [0.15, 0.2) is 53.1 Å². The number of ketones is 1. The van der Waals surface area contributed by atoms with Gasteiger partial charge in [0.2, 0.25) is 5.78 Å². The first-order valence-electron chi connectivity index (χ1n) is 9.78. The Labute approximate surface area is 169 Å². The predicted molar refractivity (Wildman–Crippen MR) is 109 cm³/mol. The quantitative estimate of drug-likeness (QED) is 0.445. The Morgan fingerprint density at radius 3 is 2.66 bits per heavy atom. The van der Waals surface area contributed by atoms with Crippen molar-refractivity contribution in [3.05, 3.63) is 77.0 Å². The Bertz CT molecular complexity index is 1030. The Morgan fingerprint density at radius 1 is 1.14 bits per heavy atom. The number of carbonyl (C=O) groups is 2. The molecule has 6 nitrogen and oxygen atoms in total. The Kier molecular flexibility index (Phi) is 5.25. The number of carbonyl (C=O) groups excluding carboxylic acids is 2. The normalized spacial score (nSPS) is 13.3. The molecule has 2 heterocycles. The van der Waals surface area contributed by atoms with Gasteiger partial charge < -0.3 is 19.0 Å². The summed E-state index contributed by atoms with van der Waals surface area (Å²) in [7, 11) is 0. The highest BCUT2D eigenvalue weighted by atomic mass is 16.5. The van der Waals surface area contributed by atoms with Gasteiger partial charge in [-0.3, -0.25) is 4.79 Å². The molecule has 150 valence electrons. The Morgan fingerprint density at radius 2 is 1.93 bits per heavy atom. The zero-order valence-electron chi connectivity index (χ0n) is 16.6. The summed E-state index contributed by atoms with van der Waals surface area (Å²) in [5.41, 5.74) is 3.67. The largest absolute Gasteiger partial charge is 0.467 e. The van der Waals surface area contributed by atoms with Crippen LogP contribution in [0.25, 0.3) is 0 Å². The van der Waals surface area contributed by atoms with Crippen LogP contribution < -0.4 is 5.32 Å². The van der Waals surface area contributed by atoms with Crippen molar-refractivity contribution in [1.29, 1.82) is 0 Å². The standard InChI is InChI=1S/C23H24N2O4/c1-15-12-20(16(2)25(15)17-9-10-17)22(26)14-29-23(27)19-7-3-4-8-21(19)24-13-18-6-5-11-28-18/h3-8,11-12,17,24H,9-10,13-14H2,1-2H3.